The molecule has 0 spiro atoms. The lowest BCUT2D eigenvalue weighted by atomic mass is 9.89. The highest BCUT2D eigenvalue weighted by Gasteiger charge is 2.50. The first kappa shape index (κ1) is 43.7. The van der Waals surface area contributed by atoms with Gasteiger partial charge < -0.3 is 18.1 Å². The second-order valence-corrected chi connectivity index (χ2v) is 33.2. The molecule has 5 atom stereocenters. The zero-order valence-electron chi connectivity index (χ0n) is 33.7. The second-order valence-electron chi connectivity index (χ2n) is 18.9. The molecular weight excluding hydrogens is 617 g/mol. The predicted octanol–water partition coefficient (Wildman–Crippen LogP) is 12.6. The van der Waals surface area contributed by atoms with Gasteiger partial charge in [0.15, 0.2) is 25.0 Å². The van der Waals surface area contributed by atoms with Gasteiger partial charge in [0.05, 0.1) is 18.3 Å². The number of unbranched alkanes of at least 4 members (excludes halogenated alkanes) is 3. The Bertz CT molecular complexity index is 979. The second kappa shape index (κ2) is 17.6. The summed E-state index contributed by atoms with van der Waals surface area (Å²) in [7, 11) is -5.97. The third-order valence-electron chi connectivity index (χ3n) is 11.7. The first-order valence-corrected chi connectivity index (χ1v) is 27.3. The molecule has 0 aromatic carbocycles. The van der Waals surface area contributed by atoms with Crippen LogP contribution < -0.4 is 0 Å². The van der Waals surface area contributed by atoms with E-state index in [-0.39, 0.29) is 45.1 Å². The molecule has 0 bridgehead atoms. The summed E-state index contributed by atoms with van der Waals surface area (Å²) in [5.74, 6) is 0.882. The smallest absolute Gasteiger partial charge is 0.192 e. The van der Waals surface area contributed by atoms with Crippen LogP contribution in [0.4, 0.5) is 0 Å². The number of hydrogen-bond donors (Lipinski definition) is 0. The Balaban J connectivity index is 3.61. The Kier molecular flexibility index (Phi) is 16.7. The van der Waals surface area contributed by atoms with Crippen LogP contribution in [-0.4, -0.2) is 49.0 Å². The molecule has 0 amide bonds. The molecule has 0 unspecified atom stereocenters. The number of ketones is 1. The number of carbonyl (C=O) groups is 1. The van der Waals surface area contributed by atoms with E-state index in [1.54, 1.807) is 6.92 Å². The summed E-state index contributed by atoms with van der Waals surface area (Å²) < 4.78 is 21.7. The van der Waals surface area contributed by atoms with Gasteiger partial charge in [0, 0.05) is 12.3 Å². The van der Waals surface area contributed by atoms with Crippen molar-refractivity contribution in [2.24, 2.45) is 11.8 Å². The number of hydrogen-bond acceptors (Lipinski definition) is 4. The van der Waals surface area contributed by atoms with Gasteiger partial charge in [0.25, 0.3) is 0 Å². The SMILES string of the molecule is CCCCC[C@@H](C=C[C@@H]1[C@@H](CC=CCCCC(C)=O)[C@@H](O[Si](C)(C)C(C)(C)C)C[C@H]1O[Si](C)(C)C(C)(C)C)O[Si](C)(C)C(C)(C)C. The van der Waals surface area contributed by atoms with Crippen molar-refractivity contribution in [2.45, 2.75) is 207 Å². The molecule has 46 heavy (non-hydrogen) atoms. The fourth-order valence-corrected chi connectivity index (χ4v) is 9.52. The Morgan fingerprint density at radius 1 is 0.761 bits per heavy atom. The van der Waals surface area contributed by atoms with Crippen molar-refractivity contribution in [2.75, 3.05) is 0 Å². The Morgan fingerprint density at radius 2 is 1.28 bits per heavy atom. The lowest BCUT2D eigenvalue weighted by molar-refractivity contribution is -0.117. The van der Waals surface area contributed by atoms with Crippen LogP contribution in [0.5, 0.6) is 0 Å². The van der Waals surface area contributed by atoms with Crippen molar-refractivity contribution in [3.63, 3.8) is 0 Å². The first-order valence-electron chi connectivity index (χ1n) is 18.6. The maximum atomic E-state index is 11.5. The van der Waals surface area contributed by atoms with Crippen molar-refractivity contribution in [3.05, 3.63) is 24.3 Å². The topological polar surface area (TPSA) is 44.8 Å². The molecule has 0 N–H and O–H groups in total. The average molecular weight is 695 g/mol. The lowest BCUT2D eigenvalue weighted by Gasteiger charge is -2.40. The molecular formula is C39H78O4Si3. The largest absolute Gasteiger partial charge is 0.414 e. The Hall–Kier alpha value is -0.319. The number of allylic oxidation sites excluding steroid dienone is 2. The van der Waals surface area contributed by atoms with Gasteiger partial charge in [-0.3, -0.25) is 0 Å². The van der Waals surface area contributed by atoms with Crippen LogP contribution in [0, 0.1) is 11.8 Å². The van der Waals surface area contributed by atoms with E-state index in [9.17, 15) is 4.79 Å². The van der Waals surface area contributed by atoms with E-state index in [1.807, 2.05) is 0 Å². The molecule has 7 heteroatoms. The lowest BCUT2D eigenvalue weighted by Crippen LogP contribution is -2.45. The molecule has 0 aromatic heterocycles. The van der Waals surface area contributed by atoms with E-state index in [0.29, 0.717) is 12.3 Å². The highest BCUT2D eigenvalue weighted by Crippen LogP contribution is 2.48. The molecule has 0 heterocycles. The summed E-state index contributed by atoms with van der Waals surface area (Å²) in [6.45, 7) is 39.4. The molecule has 4 nitrogen and oxygen atoms in total. The van der Waals surface area contributed by atoms with Crippen LogP contribution >= 0.6 is 0 Å². The molecule has 1 rings (SSSR count). The van der Waals surface area contributed by atoms with Gasteiger partial charge in [-0.15, -0.1) is 0 Å². The fraction of sp³-hybridized carbons (Fsp3) is 0.872. The molecule has 1 fully saturated rings. The van der Waals surface area contributed by atoms with Gasteiger partial charge in [-0.2, -0.15) is 0 Å². The number of Topliss-reactive ketones (excluding diaryl/α,β-unsaturated/α-hetero) is 1. The maximum Gasteiger partial charge on any atom is 0.192 e. The van der Waals surface area contributed by atoms with E-state index in [0.717, 1.165) is 32.1 Å². The van der Waals surface area contributed by atoms with Gasteiger partial charge >= 0.3 is 0 Å². The van der Waals surface area contributed by atoms with Crippen molar-refractivity contribution in [3.8, 4) is 0 Å². The van der Waals surface area contributed by atoms with Crippen LogP contribution in [-0.2, 0) is 18.1 Å². The zero-order valence-corrected chi connectivity index (χ0v) is 36.7. The zero-order chi connectivity index (χ0) is 35.8. The number of carbonyl (C=O) groups excluding carboxylic acids is 1. The summed E-state index contributed by atoms with van der Waals surface area (Å²) >= 11 is 0. The summed E-state index contributed by atoms with van der Waals surface area (Å²) in [5.41, 5.74) is 0. The quantitative estimate of drug-likeness (QED) is 0.0814. The molecule has 1 aliphatic rings. The molecule has 0 saturated heterocycles. The van der Waals surface area contributed by atoms with Crippen molar-refractivity contribution in [1.29, 1.82) is 0 Å². The van der Waals surface area contributed by atoms with Gasteiger partial charge in [-0.25, -0.2) is 0 Å². The van der Waals surface area contributed by atoms with Crippen LogP contribution in [0.25, 0.3) is 0 Å². The molecule has 0 aliphatic heterocycles. The molecule has 1 aliphatic carbocycles. The standard InChI is InChI=1S/C39H78O4Si3/c1-18-19-22-26-32(41-44(12,13)37(3,4)5)28-29-34-33(27-24-21-20-23-25-31(2)40)35(42-45(14,15)38(6,7)8)30-36(34)43-46(16,17)39(9,10)11/h21,24,28-29,32-36H,18-20,22-23,25-27,30H2,1-17H3/t32-,33+,34+,35-,36+/m0/s1. The van der Waals surface area contributed by atoms with E-state index >= 15 is 0 Å². The fourth-order valence-electron chi connectivity index (χ4n) is 5.47. The van der Waals surface area contributed by atoms with Crippen molar-refractivity contribution >= 4 is 30.7 Å². The van der Waals surface area contributed by atoms with Gasteiger partial charge in [-0.05, 0) is 99.3 Å². The third-order valence-corrected chi connectivity index (χ3v) is 25.3. The number of rotatable bonds is 18. The minimum Gasteiger partial charge on any atom is -0.414 e. The Labute approximate surface area is 290 Å². The van der Waals surface area contributed by atoms with Crippen LogP contribution in [0.3, 0.4) is 0 Å². The normalized spacial score (nSPS) is 23.2. The van der Waals surface area contributed by atoms with Gasteiger partial charge in [0.1, 0.15) is 5.78 Å². The van der Waals surface area contributed by atoms with Gasteiger partial charge in [0.2, 0.25) is 0 Å². The highest BCUT2D eigenvalue weighted by molar-refractivity contribution is 6.75. The molecule has 0 radical (unpaired) electrons. The summed E-state index contributed by atoms with van der Waals surface area (Å²) in [4.78, 5) is 11.5. The first-order chi connectivity index (χ1) is 20.8. The Morgan fingerprint density at radius 3 is 1.76 bits per heavy atom. The average Bonchev–Trinajstić information content (AvgIpc) is 3.16. The van der Waals surface area contributed by atoms with Gasteiger partial charge in [-0.1, -0.05) is 113 Å². The van der Waals surface area contributed by atoms with E-state index in [4.69, 9.17) is 13.3 Å². The van der Waals surface area contributed by atoms with Crippen LogP contribution in [0.1, 0.15) is 134 Å². The van der Waals surface area contributed by atoms with Crippen molar-refractivity contribution in [1.82, 2.24) is 0 Å². The molecule has 270 valence electrons. The van der Waals surface area contributed by atoms with Crippen LogP contribution in [0.15, 0.2) is 24.3 Å². The minimum absolute atomic E-state index is 0.129. The van der Waals surface area contributed by atoms with Crippen molar-refractivity contribution < 1.29 is 18.1 Å². The minimum atomic E-state index is -2.02. The molecule has 1 saturated carbocycles. The van der Waals surface area contributed by atoms with E-state index < -0.39 is 25.0 Å². The molecule has 0 aromatic rings. The monoisotopic (exact) mass is 695 g/mol. The summed E-state index contributed by atoms with van der Waals surface area (Å²) in [5, 5.41) is 0.452. The predicted molar refractivity (Wildman–Crippen MR) is 209 cm³/mol. The highest BCUT2D eigenvalue weighted by atomic mass is 28.4. The van der Waals surface area contributed by atoms with E-state index in [2.05, 4.69) is 133 Å². The third kappa shape index (κ3) is 13.5. The van der Waals surface area contributed by atoms with Crippen LogP contribution in [0.2, 0.25) is 54.4 Å². The summed E-state index contributed by atoms with van der Waals surface area (Å²) in [6.07, 6.45) is 19.2. The maximum absolute atomic E-state index is 11.5. The van der Waals surface area contributed by atoms with E-state index in [1.165, 1.54) is 19.3 Å². The summed E-state index contributed by atoms with van der Waals surface area (Å²) in [6, 6.07) is 0.